The fourth-order valence-electron chi connectivity index (χ4n) is 4.08. The first-order chi connectivity index (χ1) is 9.75. The molecule has 2 aliphatic rings. The standard InChI is InChI=1S/C16H27N3O/c1-13-17-8-10-18(13)11-12-19-9-4-6-15(19)14-5-2-3-7-16(14)20/h8,10,14-16,20H,2-7,9,11-12H2,1H3. The van der Waals surface area contributed by atoms with Crippen molar-refractivity contribution in [3.8, 4) is 0 Å². The van der Waals surface area contributed by atoms with E-state index in [0.717, 1.165) is 25.3 Å². The maximum Gasteiger partial charge on any atom is 0.105 e. The number of hydrogen-bond donors (Lipinski definition) is 1. The van der Waals surface area contributed by atoms with Crippen LogP contribution >= 0.6 is 0 Å². The van der Waals surface area contributed by atoms with Gasteiger partial charge in [-0.2, -0.15) is 0 Å². The highest BCUT2D eigenvalue weighted by Crippen LogP contribution is 2.34. The van der Waals surface area contributed by atoms with Crippen LogP contribution in [0.2, 0.25) is 0 Å². The SMILES string of the molecule is Cc1nccn1CCN1CCCC1C1CCCCC1O. The second-order valence-electron chi connectivity index (χ2n) is 6.43. The molecule has 3 atom stereocenters. The summed E-state index contributed by atoms with van der Waals surface area (Å²) in [5.41, 5.74) is 0. The Labute approximate surface area is 121 Å². The Morgan fingerprint density at radius 1 is 1.20 bits per heavy atom. The third kappa shape index (κ3) is 2.91. The van der Waals surface area contributed by atoms with Crippen molar-refractivity contribution in [1.82, 2.24) is 14.5 Å². The third-order valence-corrected chi connectivity index (χ3v) is 5.24. The molecule has 1 aliphatic heterocycles. The normalized spacial score (nSPS) is 31.8. The molecule has 1 aromatic rings. The summed E-state index contributed by atoms with van der Waals surface area (Å²) < 4.78 is 2.23. The molecule has 112 valence electrons. The predicted molar refractivity (Wildman–Crippen MR) is 79.5 cm³/mol. The van der Waals surface area contributed by atoms with Gasteiger partial charge in [0.25, 0.3) is 0 Å². The zero-order chi connectivity index (χ0) is 13.9. The van der Waals surface area contributed by atoms with Crippen LogP contribution in [0.15, 0.2) is 12.4 Å². The first kappa shape index (κ1) is 14.1. The van der Waals surface area contributed by atoms with Gasteiger partial charge in [-0.05, 0) is 39.2 Å². The van der Waals surface area contributed by atoms with E-state index in [-0.39, 0.29) is 6.10 Å². The highest BCUT2D eigenvalue weighted by atomic mass is 16.3. The number of hydrogen-bond acceptors (Lipinski definition) is 3. The lowest BCUT2D eigenvalue weighted by Crippen LogP contribution is -2.43. The van der Waals surface area contributed by atoms with Gasteiger partial charge in [-0.1, -0.05) is 12.8 Å². The smallest absolute Gasteiger partial charge is 0.105 e. The summed E-state index contributed by atoms with van der Waals surface area (Å²) in [4.78, 5) is 6.90. The van der Waals surface area contributed by atoms with Crippen LogP contribution in [0.5, 0.6) is 0 Å². The van der Waals surface area contributed by atoms with Crippen LogP contribution in [-0.2, 0) is 6.54 Å². The summed E-state index contributed by atoms with van der Waals surface area (Å²) in [6, 6.07) is 0.606. The third-order valence-electron chi connectivity index (χ3n) is 5.24. The van der Waals surface area contributed by atoms with E-state index in [2.05, 4.69) is 27.6 Å². The van der Waals surface area contributed by atoms with Gasteiger partial charge in [0.05, 0.1) is 6.10 Å². The molecule has 2 heterocycles. The molecular formula is C16H27N3O. The first-order valence-corrected chi connectivity index (χ1v) is 8.15. The fourth-order valence-corrected chi connectivity index (χ4v) is 4.08. The largest absolute Gasteiger partial charge is 0.393 e. The number of aliphatic hydroxyl groups is 1. The molecule has 20 heavy (non-hydrogen) atoms. The van der Waals surface area contributed by atoms with Crippen LogP contribution in [0.4, 0.5) is 0 Å². The van der Waals surface area contributed by atoms with Gasteiger partial charge in [-0.25, -0.2) is 4.98 Å². The van der Waals surface area contributed by atoms with E-state index in [1.165, 1.54) is 38.6 Å². The van der Waals surface area contributed by atoms with Gasteiger partial charge in [0.2, 0.25) is 0 Å². The zero-order valence-corrected chi connectivity index (χ0v) is 12.5. The van der Waals surface area contributed by atoms with Crippen molar-refractivity contribution in [3.05, 3.63) is 18.2 Å². The van der Waals surface area contributed by atoms with E-state index in [1.54, 1.807) is 0 Å². The number of rotatable bonds is 4. The molecule has 0 amide bonds. The summed E-state index contributed by atoms with van der Waals surface area (Å²) in [7, 11) is 0. The van der Waals surface area contributed by atoms with Gasteiger partial charge in [0.15, 0.2) is 0 Å². The van der Waals surface area contributed by atoms with Gasteiger partial charge in [0, 0.05) is 37.4 Å². The molecule has 4 nitrogen and oxygen atoms in total. The Bertz CT molecular complexity index is 431. The van der Waals surface area contributed by atoms with E-state index in [1.807, 2.05) is 6.20 Å². The second kappa shape index (κ2) is 6.27. The van der Waals surface area contributed by atoms with Crippen molar-refractivity contribution in [2.75, 3.05) is 13.1 Å². The maximum atomic E-state index is 10.3. The summed E-state index contributed by atoms with van der Waals surface area (Å²) in [6.07, 6.45) is 11.2. The van der Waals surface area contributed by atoms with Crippen LogP contribution in [0.3, 0.4) is 0 Å². The Kier molecular flexibility index (Phi) is 4.41. The molecule has 1 N–H and O–H groups in total. The number of aromatic nitrogens is 2. The second-order valence-corrected chi connectivity index (χ2v) is 6.43. The zero-order valence-electron chi connectivity index (χ0n) is 12.5. The van der Waals surface area contributed by atoms with Crippen LogP contribution in [-0.4, -0.2) is 44.8 Å². The van der Waals surface area contributed by atoms with Crippen LogP contribution in [0.25, 0.3) is 0 Å². The lowest BCUT2D eigenvalue weighted by Gasteiger charge is -2.37. The molecule has 2 fully saturated rings. The molecule has 4 heteroatoms. The Balaban J connectivity index is 1.59. The van der Waals surface area contributed by atoms with E-state index < -0.39 is 0 Å². The molecule has 0 bridgehead atoms. The average Bonchev–Trinajstić information content (AvgIpc) is 3.06. The number of aryl methyl sites for hydroxylation is 1. The van der Waals surface area contributed by atoms with Crippen molar-refractivity contribution in [1.29, 1.82) is 0 Å². The predicted octanol–water partition coefficient (Wildman–Crippen LogP) is 2.21. The maximum absolute atomic E-state index is 10.3. The molecule has 1 aliphatic carbocycles. The van der Waals surface area contributed by atoms with Crippen molar-refractivity contribution >= 4 is 0 Å². The Morgan fingerprint density at radius 2 is 2.05 bits per heavy atom. The highest BCUT2D eigenvalue weighted by Gasteiger charge is 2.36. The Hall–Kier alpha value is -0.870. The fraction of sp³-hybridized carbons (Fsp3) is 0.812. The van der Waals surface area contributed by atoms with Crippen molar-refractivity contribution < 1.29 is 5.11 Å². The number of nitrogens with zero attached hydrogens (tertiary/aromatic N) is 3. The molecule has 0 radical (unpaired) electrons. The summed E-state index contributed by atoms with van der Waals surface area (Å²) in [5, 5.41) is 10.3. The highest BCUT2D eigenvalue weighted by molar-refractivity contribution is 4.92. The number of imidazole rings is 1. The van der Waals surface area contributed by atoms with Gasteiger partial charge < -0.3 is 9.67 Å². The molecule has 1 aromatic heterocycles. The van der Waals surface area contributed by atoms with Gasteiger partial charge >= 0.3 is 0 Å². The average molecular weight is 277 g/mol. The molecule has 3 rings (SSSR count). The molecule has 1 saturated carbocycles. The van der Waals surface area contributed by atoms with E-state index in [0.29, 0.717) is 12.0 Å². The number of likely N-dealkylation sites (tertiary alicyclic amines) is 1. The van der Waals surface area contributed by atoms with Crippen molar-refractivity contribution in [2.45, 2.75) is 64.1 Å². The minimum atomic E-state index is -0.0654. The molecule has 0 aromatic carbocycles. The molecule has 3 unspecified atom stereocenters. The van der Waals surface area contributed by atoms with Crippen LogP contribution in [0, 0.1) is 12.8 Å². The first-order valence-electron chi connectivity index (χ1n) is 8.15. The number of aliphatic hydroxyl groups excluding tert-OH is 1. The van der Waals surface area contributed by atoms with Crippen LogP contribution in [0.1, 0.15) is 44.3 Å². The van der Waals surface area contributed by atoms with Gasteiger partial charge in [0.1, 0.15) is 5.82 Å². The monoisotopic (exact) mass is 277 g/mol. The molecule has 0 spiro atoms. The Morgan fingerprint density at radius 3 is 2.80 bits per heavy atom. The van der Waals surface area contributed by atoms with Crippen molar-refractivity contribution in [2.24, 2.45) is 5.92 Å². The van der Waals surface area contributed by atoms with Crippen molar-refractivity contribution in [3.63, 3.8) is 0 Å². The minimum absolute atomic E-state index is 0.0654. The van der Waals surface area contributed by atoms with E-state index in [9.17, 15) is 5.11 Å². The molecule has 1 saturated heterocycles. The quantitative estimate of drug-likeness (QED) is 0.917. The minimum Gasteiger partial charge on any atom is -0.393 e. The topological polar surface area (TPSA) is 41.3 Å². The molecular weight excluding hydrogens is 250 g/mol. The lowest BCUT2D eigenvalue weighted by atomic mass is 9.80. The van der Waals surface area contributed by atoms with Gasteiger partial charge in [-0.3, -0.25) is 4.90 Å². The summed E-state index contributed by atoms with van der Waals surface area (Å²) in [5.74, 6) is 1.61. The van der Waals surface area contributed by atoms with Crippen LogP contribution < -0.4 is 0 Å². The summed E-state index contributed by atoms with van der Waals surface area (Å²) >= 11 is 0. The van der Waals surface area contributed by atoms with E-state index >= 15 is 0 Å². The van der Waals surface area contributed by atoms with E-state index in [4.69, 9.17) is 0 Å². The lowest BCUT2D eigenvalue weighted by molar-refractivity contribution is 0.0214. The van der Waals surface area contributed by atoms with Gasteiger partial charge in [-0.15, -0.1) is 0 Å². The summed E-state index contributed by atoms with van der Waals surface area (Å²) in [6.45, 7) is 5.37.